The second kappa shape index (κ2) is 6.81. The Labute approximate surface area is 148 Å². The van der Waals surface area contributed by atoms with Crippen LogP contribution in [0.1, 0.15) is 37.7 Å². The number of nitrogens with zero attached hydrogens (tertiary/aromatic N) is 1. The minimum atomic E-state index is -0.411. The lowest BCUT2D eigenvalue weighted by atomic mass is 9.82. The number of aromatic amines is 1. The van der Waals surface area contributed by atoms with Gasteiger partial charge in [0.15, 0.2) is 0 Å². The number of aromatic nitrogens is 1. The zero-order chi connectivity index (χ0) is 17.3. The Bertz CT molecular complexity index is 746. The Balaban J connectivity index is 1.33. The van der Waals surface area contributed by atoms with Gasteiger partial charge in [0, 0.05) is 43.2 Å². The molecule has 1 aromatic heterocycles. The van der Waals surface area contributed by atoms with Gasteiger partial charge in [-0.1, -0.05) is 18.2 Å². The Hall–Kier alpha value is -1.85. The van der Waals surface area contributed by atoms with Crippen LogP contribution in [0.5, 0.6) is 0 Å². The molecule has 2 aliphatic rings. The number of fused-ring (bicyclic) bond motifs is 1. The molecular weight excluding hydrogens is 316 g/mol. The van der Waals surface area contributed by atoms with Crippen molar-refractivity contribution in [1.82, 2.24) is 9.88 Å². The molecule has 0 aliphatic carbocycles. The summed E-state index contributed by atoms with van der Waals surface area (Å²) in [6, 6.07) is 8.19. The van der Waals surface area contributed by atoms with Crippen molar-refractivity contribution in [2.24, 2.45) is 0 Å². The zero-order valence-corrected chi connectivity index (χ0v) is 14.5. The first-order chi connectivity index (χ1) is 12.2. The number of ether oxygens (including phenoxy) is 1. The maximum Gasteiger partial charge on any atom is 0.222 e. The molecule has 5 heteroatoms. The van der Waals surface area contributed by atoms with Crippen LogP contribution in [0.3, 0.4) is 0 Å². The van der Waals surface area contributed by atoms with Crippen LogP contribution in [0.4, 0.5) is 0 Å². The van der Waals surface area contributed by atoms with E-state index in [2.05, 4.69) is 17.1 Å². The first-order valence-electron chi connectivity index (χ1n) is 9.33. The van der Waals surface area contributed by atoms with E-state index in [-0.39, 0.29) is 12.0 Å². The standard InChI is InChI=1S/C20H26N2O3/c23-18-6-3-13-25-20(18)9-11-22(12-10-20)19(24)8-7-15-14-21-17-5-2-1-4-16(15)17/h1-2,4-5,14,18,21,23H,3,6-13H2. The third kappa shape index (κ3) is 3.18. The molecule has 1 amide bonds. The fourth-order valence-electron chi connectivity index (χ4n) is 4.26. The molecule has 134 valence electrons. The number of likely N-dealkylation sites (tertiary alicyclic amines) is 1. The van der Waals surface area contributed by atoms with E-state index in [1.54, 1.807) is 0 Å². The topological polar surface area (TPSA) is 65.6 Å². The predicted molar refractivity (Wildman–Crippen MR) is 96.4 cm³/mol. The number of H-pyrrole nitrogens is 1. The first-order valence-corrected chi connectivity index (χ1v) is 9.33. The first kappa shape index (κ1) is 16.6. The van der Waals surface area contributed by atoms with E-state index < -0.39 is 5.60 Å². The zero-order valence-electron chi connectivity index (χ0n) is 14.5. The molecule has 3 heterocycles. The number of benzene rings is 1. The minimum Gasteiger partial charge on any atom is -0.390 e. The SMILES string of the molecule is O=C(CCc1c[nH]c2ccccc12)N1CCC2(CC1)OCCCC2O. The van der Waals surface area contributed by atoms with Gasteiger partial charge in [-0.05, 0) is 43.7 Å². The molecule has 4 rings (SSSR count). The lowest BCUT2D eigenvalue weighted by Crippen LogP contribution is -2.56. The molecule has 1 aromatic carbocycles. The predicted octanol–water partition coefficient (Wildman–Crippen LogP) is 2.63. The van der Waals surface area contributed by atoms with E-state index in [0.29, 0.717) is 19.5 Å². The van der Waals surface area contributed by atoms with Crippen molar-refractivity contribution in [2.45, 2.75) is 50.2 Å². The van der Waals surface area contributed by atoms with E-state index in [9.17, 15) is 9.90 Å². The van der Waals surface area contributed by atoms with Crippen molar-refractivity contribution < 1.29 is 14.6 Å². The number of hydrogen-bond acceptors (Lipinski definition) is 3. The maximum absolute atomic E-state index is 12.6. The number of aliphatic hydroxyl groups is 1. The van der Waals surface area contributed by atoms with Gasteiger partial charge < -0.3 is 19.7 Å². The monoisotopic (exact) mass is 342 g/mol. The van der Waals surface area contributed by atoms with Gasteiger partial charge >= 0.3 is 0 Å². The minimum absolute atomic E-state index is 0.199. The van der Waals surface area contributed by atoms with Gasteiger partial charge in [0.05, 0.1) is 11.7 Å². The average Bonchev–Trinajstić information content (AvgIpc) is 3.06. The highest BCUT2D eigenvalue weighted by Gasteiger charge is 2.44. The van der Waals surface area contributed by atoms with E-state index in [1.165, 1.54) is 10.9 Å². The summed E-state index contributed by atoms with van der Waals surface area (Å²) >= 11 is 0. The number of nitrogens with one attached hydrogen (secondary N) is 1. The normalized spacial score (nSPS) is 23.2. The third-order valence-corrected chi connectivity index (χ3v) is 5.86. The van der Waals surface area contributed by atoms with Gasteiger partial charge in [0.25, 0.3) is 0 Å². The van der Waals surface area contributed by atoms with E-state index in [4.69, 9.17) is 4.74 Å². The summed E-state index contributed by atoms with van der Waals surface area (Å²) in [6.45, 7) is 2.10. The number of aryl methyl sites for hydroxylation is 1. The van der Waals surface area contributed by atoms with Crippen molar-refractivity contribution in [1.29, 1.82) is 0 Å². The number of carbonyl (C=O) groups excluding carboxylic acids is 1. The number of aliphatic hydroxyl groups excluding tert-OH is 1. The van der Waals surface area contributed by atoms with Crippen LogP contribution in [-0.2, 0) is 16.0 Å². The van der Waals surface area contributed by atoms with Gasteiger partial charge in [-0.3, -0.25) is 4.79 Å². The third-order valence-electron chi connectivity index (χ3n) is 5.86. The van der Waals surface area contributed by atoms with E-state index >= 15 is 0 Å². The van der Waals surface area contributed by atoms with Crippen LogP contribution in [0.15, 0.2) is 30.5 Å². The fourth-order valence-corrected chi connectivity index (χ4v) is 4.26. The van der Waals surface area contributed by atoms with Crippen LogP contribution in [0.2, 0.25) is 0 Å². The lowest BCUT2D eigenvalue weighted by Gasteiger charge is -2.46. The van der Waals surface area contributed by atoms with Crippen LogP contribution >= 0.6 is 0 Å². The van der Waals surface area contributed by atoms with Crippen molar-refractivity contribution in [3.8, 4) is 0 Å². The molecule has 25 heavy (non-hydrogen) atoms. The van der Waals surface area contributed by atoms with Crippen molar-refractivity contribution >= 4 is 16.8 Å². The van der Waals surface area contributed by atoms with Crippen LogP contribution in [-0.4, -0.2) is 52.3 Å². The highest BCUT2D eigenvalue weighted by atomic mass is 16.5. The molecule has 2 aliphatic heterocycles. The number of amides is 1. The summed E-state index contributed by atoms with van der Waals surface area (Å²) in [5.74, 6) is 0.199. The molecule has 2 saturated heterocycles. The number of rotatable bonds is 3. The van der Waals surface area contributed by atoms with Crippen molar-refractivity contribution in [3.63, 3.8) is 0 Å². The Morgan fingerprint density at radius 3 is 2.92 bits per heavy atom. The van der Waals surface area contributed by atoms with Gasteiger partial charge in [-0.25, -0.2) is 0 Å². The van der Waals surface area contributed by atoms with Crippen LogP contribution in [0.25, 0.3) is 10.9 Å². The highest BCUT2D eigenvalue weighted by Crippen LogP contribution is 2.35. The molecule has 0 saturated carbocycles. The second-order valence-corrected chi connectivity index (χ2v) is 7.31. The van der Waals surface area contributed by atoms with E-state index in [0.717, 1.165) is 44.2 Å². The van der Waals surface area contributed by atoms with Crippen LogP contribution in [0, 0.1) is 0 Å². The Morgan fingerprint density at radius 1 is 1.32 bits per heavy atom. The van der Waals surface area contributed by atoms with E-state index in [1.807, 2.05) is 23.2 Å². The Morgan fingerprint density at radius 2 is 2.12 bits per heavy atom. The molecule has 1 spiro atoms. The average molecular weight is 342 g/mol. The maximum atomic E-state index is 12.6. The molecule has 2 fully saturated rings. The largest absolute Gasteiger partial charge is 0.390 e. The fraction of sp³-hybridized carbons (Fsp3) is 0.550. The quantitative estimate of drug-likeness (QED) is 0.901. The highest BCUT2D eigenvalue weighted by molar-refractivity contribution is 5.84. The molecular formula is C20H26N2O3. The summed E-state index contributed by atoms with van der Waals surface area (Å²) in [5.41, 5.74) is 1.91. The molecule has 0 bridgehead atoms. The molecule has 1 unspecified atom stereocenters. The van der Waals surface area contributed by atoms with Crippen molar-refractivity contribution in [2.75, 3.05) is 19.7 Å². The smallest absolute Gasteiger partial charge is 0.222 e. The molecule has 2 N–H and O–H groups in total. The Kier molecular flexibility index (Phi) is 4.52. The molecule has 0 radical (unpaired) electrons. The summed E-state index contributed by atoms with van der Waals surface area (Å²) in [6.07, 6.45) is 6.13. The lowest BCUT2D eigenvalue weighted by molar-refractivity contribution is -0.179. The van der Waals surface area contributed by atoms with Gasteiger partial charge in [-0.2, -0.15) is 0 Å². The van der Waals surface area contributed by atoms with Gasteiger partial charge in [-0.15, -0.1) is 0 Å². The summed E-state index contributed by atoms with van der Waals surface area (Å²) in [7, 11) is 0. The number of carbonyl (C=O) groups is 1. The van der Waals surface area contributed by atoms with Crippen LogP contribution < -0.4 is 0 Å². The number of piperidine rings is 1. The number of hydrogen-bond donors (Lipinski definition) is 2. The molecule has 5 nitrogen and oxygen atoms in total. The number of para-hydroxylation sites is 1. The summed E-state index contributed by atoms with van der Waals surface area (Å²) in [4.78, 5) is 17.8. The molecule has 1 atom stereocenters. The second-order valence-electron chi connectivity index (χ2n) is 7.31. The summed E-state index contributed by atoms with van der Waals surface area (Å²) < 4.78 is 5.92. The summed E-state index contributed by atoms with van der Waals surface area (Å²) in [5, 5.41) is 11.5. The van der Waals surface area contributed by atoms with Crippen molar-refractivity contribution in [3.05, 3.63) is 36.0 Å². The van der Waals surface area contributed by atoms with Gasteiger partial charge in [0.1, 0.15) is 0 Å². The molecule has 2 aromatic rings. The van der Waals surface area contributed by atoms with Gasteiger partial charge in [0.2, 0.25) is 5.91 Å².